The van der Waals surface area contributed by atoms with E-state index in [2.05, 4.69) is 38.4 Å². The molecule has 3 atom stereocenters. The van der Waals surface area contributed by atoms with Gasteiger partial charge in [-0.2, -0.15) is 0 Å². The Morgan fingerprint density at radius 2 is 1.70 bits per heavy atom. The average molecular weight is 647 g/mol. The van der Waals surface area contributed by atoms with Crippen LogP contribution >= 0.6 is 0 Å². The monoisotopic (exact) mass is 646 g/mol. The maximum Gasteiger partial charge on any atom is 0.408 e. The van der Waals surface area contributed by atoms with Gasteiger partial charge in [-0.15, -0.1) is 0 Å². The van der Waals surface area contributed by atoms with Crippen molar-refractivity contribution in [3.8, 4) is 0 Å². The van der Waals surface area contributed by atoms with Crippen LogP contribution in [0.4, 0.5) is 9.59 Å². The van der Waals surface area contributed by atoms with Crippen molar-refractivity contribution in [3.05, 3.63) is 65.0 Å². The van der Waals surface area contributed by atoms with Crippen LogP contribution in [0.25, 0.3) is 11.0 Å². The number of carbonyl (C=O) groups excluding carboxylic acids is 3. The van der Waals surface area contributed by atoms with Crippen LogP contribution in [-0.4, -0.2) is 58.8 Å². The minimum atomic E-state index is -0.865. The van der Waals surface area contributed by atoms with E-state index in [0.29, 0.717) is 25.8 Å². The second-order valence-corrected chi connectivity index (χ2v) is 14.0. The standard InChI is InChI=1S/C36H50N6O5/c1-6-27(39-34(45)47-35(2,3)4)21-38-36(32(43)37-5)19-25-17-28-29(18-26(25)20-36)41-31(40-28)30(24-15-11-8-12-16-24)42-33(44)46-22-23-13-9-7-10-14-23/h7,9-10,13-14,17-18,24,27,30,38H,6,8,11-12,15-16,19-22H2,1-5H3,(H,37,43)(H,39,45)(H,40,41)(H,42,44)/t27-,30+/m1/s1. The van der Waals surface area contributed by atoms with Crippen LogP contribution in [0.2, 0.25) is 0 Å². The van der Waals surface area contributed by atoms with Crippen LogP contribution < -0.4 is 21.3 Å². The van der Waals surface area contributed by atoms with Gasteiger partial charge in [-0.25, -0.2) is 14.6 Å². The number of imidazole rings is 1. The maximum absolute atomic E-state index is 13.4. The zero-order valence-corrected chi connectivity index (χ0v) is 28.3. The number of hydrogen-bond donors (Lipinski definition) is 5. The number of ether oxygens (including phenoxy) is 2. The lowest BCUT2D eigenvalue weighted by molar-refractivity contribution is -0.126. The zero-order valence-electron chi connectivity index (χ0n) is 28.3. The Morgan fingerprint density at radius 3 is 2.36 bits per heavy atom. The Morgan fingerprint density at radius 1 is 1.00 bits per heavy atom. The van der Waals surface area contributed by atoms with Crippen LogP contribution in [0, 0.1) is 5.92 Å². The lowest BCUT2D eigenvalue weighted by atomic mass is 9.83. The van der Waals surface area contributed by atoms with E-state index in [0.717, 1.165) is 59.2 Å². The molecular weight excluding hydrogens is 596 g/mol. The number of benzene rings is 2. The number of nitrogens with one attached hydrogen (secondary N) is 5. The predicted octanol–water partition coefficient (Wildman–Crippen LogP) is 5.59. The number of rotatable bonds is 11. The molecule has 1 saturated carbocycles. The van der Waals surface area contributed by atoms with Crippen molar-refractivity contribution in [3.63, 3.8) is 0 Å². The minimum Gasteiger partial charge on any atom is -0.445 e. The molecule has 0 aliphatic heterocycles. The highest BCUT2D eigenvalue weighted by molar-refractivity contribution is 5.89. The van der Waals surface area contributed by atoms with Gasteiger partial charge >= 0.3 is 12.2 Å². The summed E-state index contributed by atoms with van der Waals surface area (Å²) in [4.78, 5) is 47.3. The summed E-state index contributed by atoms with van der Waals surface area (Å²) in [7, 11) is 1.65. The number of aromatic nitrogens is 2. The van der Waals surface area contributed by atoms with E-state index in [1.54, 1.807) is 7.05 Å². The van der Waals surface area contributed by atoms with Crippen molar-refractivity contribution in [2.45, 2.75) is 109 Å². The third-order valence-electron chi connectivity index (χ3n) is 9.27. The van der Waals surface area contributed by atoms with E-state index in [9.17, 15) is 14.4 Å². The van der Waals surface area contributed by atoms with Gasteiger partial charge in [0.25, 0.3) is 0 Å². The second kappa shape index (κ2) is 14.8. The van der Waals surface area contributed by atoms with E-state index in [4.69, 9.17) is 14.5 Å². The fraction of sp³-hybridized carbons (Fsp3) is 0.556. The van der Waals surface area contributed by atoms with Crippen molar-refractivity contribution in [1.29, 1.82) is 0 Å². The highest BCUT2D eigenvalue weighted by atomic mass is 16.6. The molecule has 5 rings (SSSR count). The lowest BCUT2D eigenvalue weighted by Gasteiger charge is -2.31. The quantitative estimate of drug-likeness (QED) is 0.183. The summed E-state index contributed by atoms with van der Waals surface area (Å²) in [5.41, 5.74) is 3.24. The van der Waals surface area contributed by atoms with Crippen molar-refractivity contribution in [2.24, 2.45) is 5.92 Å². The Bertz CT molecular complexity index is 1500. The van der Waals surface area contributed by atoms with Crippen LogP contribution in [0.15, 0.2) is 42.5 Å². The summed E-state index contributed by atoms with van der Waals surface area (Å²) >= 11 is 0. The molecule has 1 fully saturated rings. The van der Waals surface area contributed by atoms with E-state index in [-0.39, 0.29) is 30.5 Å². The van der Waals surface area contributed by atoms with Gasteiger partial charge in [-0.05, 0) is 74.8 Å². The molecule has 1 unspecified atom stereocenters. The normalized spacial score (nSPS) is 17.4. The molecule has 0 spiro atoms. The Hall–Kier alpha value is -4.12. The van der Waals surface area contributed by atoms with Gasteiger partial charge in [0.2, 0.25) is 5.91 Å². The number of nitrogens with zero attached hydrogens (tertiary/aromatic N) is 1. The smallest absolute Gasteiger partial charge is 0.408 e. The lowest BCUT2D eigenvalue weighted by Crippen LogP contribution is -2.60. The molecule has 2 aromatic carbocycles. The van der Waals surface area contributed by atoms with Gasteiger partial charge in [-0.1, -0.05) is 56.5 Å². The summed E-state index contributed by atoms with van der Waals surface area (Å²) in [6, 6.07) is 13.3. The van der Waals surface area contributed by atoms with Gasteiger partial charge < -0.3 is 35.7 Å². The van der Waals surface area contributed by atoms with Gasteiger partial charge in [0.15, 0.2) is 0 Å². The molecule has 1 heterocycles. The molecule has 0 radical (unpaired) electrons. The fourth-order valence-corrected chi connectivity index (χ4v) is 6.82. The van der Waals surface area contributed by atoms with Crippen molar-refractivity contribution < 1.29 is 23.9 Å². The van der Waals surface area contributed by atoms with Gasteiger partial charge in [0, 0.05) is 32.5 Å². The third-order valence-corrected chi connectivity index (χ3v) is 9.27. The molecule has 254 valence electrons. The van der Waals surface area contributed by atoms with E-state index in [1.807, 2.05) is 58.0 Å². The van der Waals surface area contributed by atoms with Crippen molar-refractivity contribution in [1.82, 2.24) is 31.2 Å². The van der Waals surface area contributed by atoms with E-state index in [1.165, 1.54) is 6.42 Å². The Kier molecular flexibility index (Phi) is 10.7. The SMILES string of the molecule is CC[C@H](CNC1(C(=O)NC)Cc2cc3nc([C@@H](NC(=O)OCc4ccccc4)C4CCCCC4)[nH]c3cc2C1)NC(=O)OC(C)(C)C. The number of alkyl carbamates (subject to hydrolysis) is 2. The molecule has 11 heteroatoms. The number of carbonyl (C=O) groups is 3. The highest BCUT2D eigenvalue weighted by Crippen LogP contribution is 2.37. The number of likely N-dealkylation sites (N-methyl/N-ethyl adjacent to an activating group) is 1. The third kappa shape index (κ3) is 8.62. The fourth-order valence-electron chi connectivity index (χ4n) is 6.82. The van der Waals surface area contributed by atoms with E-state index >= 15 is 0 Å². The van der Waals surface area contributed by atoms with Crippen LogP contribution in [0.1, 0.15) is 94.8 Å². The van der Waals surface area contributed by atoms with Gasteiger partial charge in [0.05, 0.1) is 17.1 Å². The minimum absolute atomic E-state index is 0.103. The number of fused-ring (bicyclic) bond motifs is 2. The zero-order chi connectivity index (χ0) is 33.6. The molecule has 3 amide bonds. The largest absolute Gasteiger partial charge is 0.445 e. The first-order valence-electron chi connectivity index (χ1n) is 16.9. The molecule has 2 aliphatic carbocycles. The molecule has 0 saturated heterocycles. The Balaban J connectivity index is 1.31. The average Bonchev–Trinajstić information content (AvgIpc) is 3.63. The first kappa shape index (κ1) is 34.2. The first-order valence-corrected chi connectivity index (χ1v) is 16.9. The summed E-state index contributed by atoms with van der Waals surface area (Å²) in [5, 5.41) is 12.4. The molecule has 3 aromatic rings. The van der Waals surface area contributed by atoms with Crippen molar-refractivity contribution in [2.75, 3.05) is 13.6 Å². The van der Waals surface area contributed by atoms with Crippen LogP contribution in [0.3, 0.4) is 0 Å². The maximum atomic E-state index is 13.4. The van der Waals surface area contributed by atoms with Crippen molar-refractivity contribution >= 4 is 29.1 Å². The number of amides is 3. The van der Waals surface area contributed by atoms with Crippen LogP contribution in [0.5, 0.6) is 0 Å². The summed E-state index contributed by atoms with van der Waals surface area (Å²) in [6.07, 6.45) is 6.19. The molecule has 0 bridgehead atoms. The second-order valence-electron chi connectivity index (χ2n) is 14.0. The molecule has 11 nitrogen and oxygen atoms in total. The number of hydrogen-bond acceptors (Lipinski definition) is 7. The summed E-state index contributed by atoms with van der Waals surface area (Å²) < 4.78 is 11.0. The van der Waals surface area contributed by atoms with E-state index < -0.39 is 23.3 Å². The molecular formula is C36H50N6O5. The van der Waals surface area contributed by atoms with Gasteiger partial charge in [-0.3, -0.25) is 4.79 Å². The molecule has 1 aromatic heterocycles. The molecule has 5 N–H and O–H groups in total. The molecule has 2 aliphatic rings. The predicted molar refractivity (Wildman–Crippen MR) is 181 cm³/mol. The van der Waals surface area contributed by atoms with Crippen LogP contribution in [-0.2, 0) is 33.7 Å². The topological polar surface area (TPSA) is 146 Å². The number of H-pyrrole nitrogens is 1. The molecule has 47 heavy (non-hydrogen) atoms. The summed E-state index contributed by atoms with van der Waals surface area (Å²) in [5.74, 6) is 0.877. The first-order chi connectivity index (χ1) is 22.5. The highest BCUT2D eigenvalue weighted by Gasteiger charge is 2.44. The Labute approximate surface area is 277 Å². The number of aromatic amines is 1. The summed E-state index contributed by atoms with van der Waals surface area (Å²) in [6.45, 7) is 8.09. The van der Waals surface area contributed by atoms with Gasteiger partial charge in [0.1, 0.15) is 23.6 Å².